The van der Waals surface area contributed by atoms with E-state index in [4.69, 9.17) is 23.2 Å². The highest BCUT2D eigenvalue weighted by Gasteiger charge is 2.20. The molecule has 0 saturated heterocycles. The molecule has 0 aliphatic heterocycles. The number of hydrogen-bond donors (Lipinski definition) is 1. The predicted molar refractivity (Wildman–Crippen MR) is 101 cm³/mol. The second-order valence-corrected chi connectivity index (χ2v) is 7.81. The average Bonchev–Trinajstić information content (AvgIpc) is 2.53. The highest BCUT2D eigenvalue weighted by atomic mass is 35.5. The van der Waals surface area contributed by atoms with E-state index in [-0.39, 0.29) is 0 Å². The van der Waals surface area contributed by atoms with Crippen molar-refractivity contribution in [2.24, 2.45) is 5.10 Å². The van der Waals surface area contributed by atoms with Gasteiger partial charge in [-0.1, -0.05) is 47.5 Å². The van der Waals surface area contributed by atoms with Crippen LogP contribution in [0.1, 0.15) is 5.56 Å². The number of benzene rings is 2. The van der Waals surface area contributed by atoms with Crippen molar-refractivity contribution in [2.45, 2.75) is 0 Å². The molecule has 25 heavy (non-hydrogen) atoms. The Morgan fingerprint density at radius 3 is 2.56 bits per heavy atom. The van der Waals surface area contributed by atoms with Crippen LogP contribution in [0, 0.1) is 0 Å². The minimum Gasteiger partial charge on any atom is -0.271 e. The number of hydrazone groups is 1. The lowest BCUT2D eigenvalue weighted by Gasteiger charge is -2.21. The molecule has 2 aromatic carbocycles. The van der Waals surface area contributed by atoms with Crippen LogP contribution < -0.4 is 9.73 Å². The summed E-state index contributed by atoms with van der Waals surface area (Å²) in [4.78, 5) is 12.0. The summed E-state index contributed by atoms with van der Waals surface area (Å²) in [5.41, 5.74) is 3.19. The third-order valence-electron chi connectivity index (χ3n) is 3.08. The van der Waals surface area contributed by atoms with Crippen LogP contribution in [0.4, 0.5) is 5.69 Å². The molecule has 6 nitrogen and oxygen atoms in total. The van der Waals surface area contributed by atoms with Gasteiger partial charge < -0.3 is 0 Å². The summed E-state index contributed by atoms with van der Waals surface area (Å²) in [5, 5.41) is 4.64. The largest absolute Gasteiger partial charge is 0.271 e. The Labute approximate surface area is 156 Å². The molecule has 1 amide bonds. The molecule has 132 valence electrons. The molecule has 0 unspecified atom stereocenters. The molecule has 0 heterocycles. The van der Waals surface area contributed by atoms with Gasteiger partial charge in [-0.15, -0.1) is 0 Å². The van der Waals surface area contributed by atoms with Crippen molar-refractivity contribution < 1.29 is 13.2 Å². The second-order valence-electron chi connectivity index (χ2n) is 5.06. The van der Waals surface area contributed by atoms with E-state index in [1.54, 1.807) is 42.5 Å². The minimum absolute atomic E-state index is 0.292. The highest BCUT2D eigenvalue weighted by molar-refractivity contribution is 7.92. The van der Waals surface area contributed by atoms with E-state index in [0.717, 1.165) is 10.6 Å². The first-order valence-corrected chi connectivity index (χ1v) is 9.67. The van der Waals surface area contributed by atoms with Gasteiger partial charge in [-0.25, -0.2) is 13.8 Å². The van der Waals surface area contributed by atoms with Gasteiger partial charge in [-0.05, 0) is 24.3 Å². The lowest BCUT2D eigenvalue weighted by atomic mass is 10.2. The molecule has 0 aliphatic rings. The molecule has 0 atom stereocenters. The average molecular weight is 400 g/mol. The third-order valence-corrected chi connectivity index (χ3v) is 4.80. The zero-order chi connectivity index (χ0) is 18.4. The zero-order valence-electron chi connectivity index (χ0n) is 13.2. The number of carbonyl (C=O) groups is 1. The first-order chi connectivity index (χ1) is 11.8. The fourth-order valence-electron chi connectivity index (χ4n) is 1.95. The maximum atomic E-state index is 12.0. The van der Waals surface area contributed by atoms with E-state index in [9.17, 15) is 13.2 Å². The van der Waals surface area contributed by atoms with Crippen molar-refractivity contribution in [3.05, 3.63) is 64.1 Å². The van der Waals surface area contributed by atoms with Crippen LogP contribution in [0.2, 0.25) is 10.0 Å². The number of rotatable bonds is 6. The number of hydrogen-bond acceptors (Lipinski definition) is 4. The molecular weight excluding hydrogens is 385 g/mol. The molecule has 0 bridgehead atoms. The Hall–Kier alpha value is -2.09. The Morgan fingerprint density at radius 2 is 1.92 bits per heavy atom. The van der Waals surface area contributed by atoms with Crippen LogP contribution in [0.3, 0.4) is 0 Å². The molecule has 9 heteroatoms. The van der Waals surface area contributed by atoms with Crippen molar-refractivity contribution in [3.63, 3.8) is 0 Å². The predicted octanol–water partition coefficient (Wildman–Crippen LogP) is 2.91. The summed E-state index contributed by atoms with van der Waals surface area (Å²) in [6.07, 6.45) is 2.39. The number of sulfonamides is 1. The lowest BCUT2D eigenvalue weighted by molar-refractivity contribution is -0.119. The number of nitrogens with one attached hydrogen (secondary N) is 1. The molecule has 0 radical (unpaired) electrons. The Bertz CT molecular complexity index is 901. The molecule has 0 spiro atoms. The number of halogens is 2. The topological polar surface area (TPSA) is 78.8 Å². The molecule has 1 N–H and O–H groups in total. The molecular formula is C16H15Cl2N3O3S. The summed E-state index contributed by atoms with van der Waals surface area (Å²) in [6.45, 7) is -0.432. The first kappa shape index (κ1) is 19.2. The second kappa shape index (κ2) is 8.33. The van der Waals surface area contributed by atoms with Gasteiger partial charge in [0.2, 0.25) is 10.0 Å². The van der Waals surface area contributed by atoms with Gasteiger partial charge in [-0.2, -0.15) is 5.10 Å². The maximum absolute atomic E-state index is 12.0. The fraction of sp³-hybridized carbons (Fsp3) is 0.125. The van der Waals surface area contributed by atoms with Gasteiger partial charge in [0.25, 0.3) is 5.91 Å². The van der Waals surface area contributed by atoms with Crippen molar-refractivity contribution in [1.29, 1.82) is 0 Å². The van der Waals surface area contributed by atoms with E-state index in [1.165, 1.54) is 12.3 Å². The molecule has 2 rings (SSSR count). The van der Waals surface area contributed by atoms with Gasteiger partial charge in [0.05, 0.1) is 18.2 Å². The molecule has 0 aliphatic carbocycles. The van der Waals surface area contributed by atoms with E-state index in [2.05, 4.69) is 10.5 Å². The molecule has 2 aromatic rings. The van der Waals surface area contributed by atoms with Crippen molar-refractivity contribution in [1.82, 2.24) is 5.43 Å². The summed E-state index contributed by atoms with van der Waals surface area (Å²) in [7, 11) is -3.67. The van der Waals surface area contributed by atoms with E-state index in [1.807, 2.05) is 0 Å². The summed E-state index contributed by atoms with van der Waals surface area (Å²) in [6, 6.07) is 13.2. The fourth-order valence-corrected chi connectivity index (χ4v) is 3.17. The number of amides is 1. The van der Waals surface area contributed by atoms with Crippen LogP contribution in [0.25, 0.3) is 0 Å². The monoisotopic (exact) mass is 399 g/mol. The number of anilines is 1. The first-order valence-electron chi connectivity index (χ1n) is 7.07. The van der Waals surface area contributed by atoms with Gasteiger partial charge in [0.1, 0.15) is 6.54 Å². The van der Waals surface area contributed by atoms with E-state index < -0.39 is 22.5 Å². The number of nitrogens with zero attached hydrogens (tertiary/aromatic N) is 2. The van der Waals surface area contributed by atoms with Gasteiger partial charge in [-0.3, -0.25) is 9.10 Å². The lowest BCUT2D eigenvalue weighted by Crippen LogP contribution is -2.39. The molecule has 0 aromatic heterocycles. The summed E-state index contributed by atoms with van der Waals surface area (Å²) in [5.74, 6) is -0.603. The Balaban J connectivity index is 2.09. The van der Waals surface area contributed by atoms with Gasteiger partial charge >= 0.3 is 0 Å². The van der Waals surface area contributed by atoms with Crippen molar-refractivity contribution >= 4 is 51.0 Å². The van der Waals surface area contributed by atoms with Crippen LogP contribution in [-0.4, -0.2) is 33.3 Å². The third kappa shape index (κ3) is 5.74. The smallest absolute Gasteiger partial charge is 0.260 e. The van der Waals surface area contributed by atoms with Crippen molar-refractivity contribution in [3.8, 4) is 0 Å². The van der Waals surface area contributed by atoms with Crippen LogP contribution in [-0.2, 0) is 14.8 Å². The van der Waals surface area contributed by atoms with Gasteiger partial charge in [0, 0.05) is 15.6 Å². The van der Waals surface area contributed by atoms with Crippen molar-refractivity contribution in [2.75, 3.05) is 17.1 Å². The quantitative estimate of drug-likeness (QED) is 0.598. The SMILES string of the molecule is CS(=O)(=O)N(CC(=O)N/N=C\c1ccccc1Cl)c1cccc(Cl)c1. The zero-order valence-corrected chi connectivity index (χ0v) is 15.5. The van der Waals surface area contributed by atoms with Crippen LogP contribution >= 0.6 is 23.2 Å². The molecule has 0 fully saturated rings. The Morgan fingerprint density at radius 1 is 1.20 bits per heavy atom. The van der Waals surface area contributed by atoms with E-state index >= 15 is 0 Å². The van der Waals surface area contributed by atoms with Gasteiger partial charge in [0.15, 0.2) is 0 Å². The standard InChI is InChI=1S/C16H15Cl2N3O3S/c1-25(23,24)21(14-7-4-6-13(17)9-14)11-16(22)20-19-10-12-5-2-3-8-15(12)18/h2-10H,11H2,1H3,(H,20,22)/b19-10-. The van der Waals surface area contributed by atoms with E-state index in [0.29, 0.717) is 21.3 Å². The van der Waals surface area contributed by atoms with Crippen LogP contribution in [0.5, 0.6) is 0 Å². The highest BCUT2D eigenvalue weighted by Crippen LogP contribution is 2.21. The summed E-state index contributed by atoms with van der Waals surface area (Å²) < 4.78 is 24.9. The molecule has 0 saturated carbocycles. The van der Waals surface area contributed by atoms with Crippen LogP contribution in [0.15, 0.2) is 53.6 Å². The normalized spacial score (nSPS) is 11.5. The summed E-state index contributed by atoms with van der Waals surface area (Å²) >= 11 is 11.9. The maximum Gasteiger partial charge on any atom is 0.260 e. The number of carbonyl (C=O) groups excluding carboxylic acids is 1. The minimum atomic E-state index is -3.67. The Kier molecular flexibility index (Phi) is 6.41.